The van der Waals surface area contributed by atoms with Gasteiger partial charge in [0, 0.05) is 12.5 Å². The molecule has 0 radical (unpaired) electrons. The Morgan fingerprint density at radius 2 is 1.83 bits per heavy atom. The van der Waals surface area contributed by atoms with Gasteiger partial charge in [-0.15, -0.1) is 0 Å². The number of aryl methyl sites for hydroxylation is 2. The molecule has 1 unspecified atom stereocenters. The minimum atomic E-state index is -0.229. The van der Waals surface area contributed by atoms with E-state index >= 15 is 0 Å². The van der Waals surface area contributed by atoms with Gasteiger partial charge in [0.05, 0.1) is 14.2 Å². The maximum Gasteiger partial charge on any atom is 0.305 e. The molecule has 0 aromatic heterocycles. The fourth-order valence-corrected chi connectivity index (χ4v) is 2.06. The first-order valence-electron chi connectivity index (χ1n) is 5.97. The van der Waals surface area contributed by atoms with Gasteiger partial charge in [0.1, 0.15) is 5.75 Å². The summed E-state index contributed by atoms with van der Waals surface area (Å²) >= 11 is 0. The van der Waals surface area contributed by atoms with E-state index < -0.39 is 0 Å². The molecule has 0 aliphatic carbocycles. The van der Waals surface area contributed by atoms with Crippen molar-refractivity contribution in [3.63, 3.8) is 0 Å². The summed E-state index contributed by atoms with van der Waals surface area (Å²) in [5, 5.41) is 0. The Hall–Kier alpha value is -1.55. The van der Waals surface area contributed by atoms with Gasteiger partial charge in [-0.05, 0) is 37.0 Å². The summed E-state index contributed by atoms with van der Waals surface area (Å²) in [5.41, 5.74) is 9.21. The average molecular weight is 251 g/mol. The monoisotopic (exact) mass is 251 g/mol. The molecule has 0 saturated carbocycles. The number of carbonyl (C=O) groups excluding carboxylic acids is 1. The van der Waals surface area contributed by atoms with E-state index in [0.717, 1.165) is 22.4 Å². The van der Waals surface area contributed by atoms with Crippen molar-refractivity contribution in [1.29, 1.82) is 0 Å². The molecule has 0 bridgehead atoms. The van der Waals surface area contributed by atoms with Crippen molar-refractivity contribution in [1.82, 2.24) is 0 Å². The van der Waals surface area contributed by atoms with Gasteiger partial charge < -0.3 is 15.2 Å². The molecule has 0 fully saturated rings. The van der Waals surface area contributed by atoms with Crippen LogP contribution in [0.1, 0.15) is 35.6 Å². The van der Waals surface area contributed by atoms with E-state index in [1.807, 2.05) is 26.0 Å². The lowest BCUT2D eigenvalue weighted by molar-refractivity contribution is -0.140. The number of ether oxygens (including phenoxy) is 2. The average Bonchev–Trinajstić information content (AvgIpc) is 2.34. The van der Waals surface area contributed by atoms with E-state index in [-0.39, 0.29) is 12.0 Å². The highest BCUT2D eigenvalue weighted by Crippen LogP contribution is 2.27. The van der Waals surface area contributed by atoms with Gasteiger partial charge in [0.25, 0.3) is 0 Å². The molecule has 1 aromatic rings. The molecule has 100 valence electrons. The van der Waals surface area contributed by atoms with Crippen LogP contribution in [0.2, 0.25) is 0 Å². The lowest BCUT2D eigenvalue weighted by Gasteiger charge is -2.16. The normalized spacial score (nSPS) is 12.1. The van der Waals surface area contributed by atoms with Crippen LogP contribution < -0.4 is 10.5 Å². The van der Waals surface area contributed by atoms with Crippen molar-refractivity contribution >= 4 is 5.97 Å². The van der Waals surface area contributed by atoms with Crippen LogP contribution in [0.3, 0.4) is 0 Å². The quantitative estimate of drug-likeness (QED) is 0.815. The standard InChI is InChI=1S/C14H21NO3/c1-9-7-11(8-10(2)14(9)18-4)12(15)5-6-13(16)17-3/h7-8,12H,5-6,15H2,1-4H3. The van der Waals surface area contributed by atoms with Crippen LogP contribution in [-0.2, 0) is 9.53 Å². The number of hydrogen-bond donors (Lipinski definition) is 1. The minimum Gasteiger partial charge on any atom is -0.496 e. The molecular formula is C14H21NO3. The molecule has 1 atom stereocenters. The van der Waals surface area contributed by atoms with Crippen molar-refractivity contribution in [2.75, 3.05) is 14.2 Å². The second kappa shape index (κ2) is 6.40. The molecule has 2 N–H and O–H groups in total. The third-order valence-electron chi connectivity index (χ3n) is 3.00. The Morgan fingerprint density at radius 1 is 1.28 bits per heavy atom. The van der Waals surface area contributed by atoms with Gasteiger partial charge in [-0.25, -0.2) is 0 Å². The van der Waals surface area contributed by atoms with E-state index in [1.165, 1.54) is 7.11 Å². The Bertz CT molecular complexity index is 406. The van der Waals surface area contributed by atoms with Crippen molar-refractivity contribution in [3.05, 3.63) is 28.8 Å². The Morgan fingerprint density at radius 3 is 2.28 bits per heavy atom. The maximum absolute atomic E-state index is 11.1. The highest BCUT2D eigenvalue weighted by Gasteiger charge is 2.12. The van der Waals surface area contributed by atoms with Crippen LogP contribution in [-0.4, -0.2) is 20.2 Å². The van der Waals surface area contributed by atoms with Crippen molar-refractivity contribution in [3.8, 4) is 5.75 Å². The van der Waals surface area contributed by atoms with Crippen LogP contribution in [0.4, 0.5) is 0 Å². The number of rotatable bonds is 5. The zero-order chi connectivity index (χ0) is 13.7. The van der Waals surface area contributed by atoms with E-state index in [1.54, 1.807) is 7.11 Å². The van der Waals surface area contributed by atoms with Gasteiger partial charge >= 0.3 is 5.97 Å². The summed E-state index contributed by atoms with van der Waals surface area (Å²) in [6, 6.07) is 3.86. The largest absolute Gasteiger partial charge is 0.496 e. The molecule has 1 aromatic carbocycles. The molecule has 0 aliphatic heterocycles. The number of methoxy groups -OCH3 is 2. The van der Waals surface area contributed by atoms with Gasteiger partial charge in [-0.2, -0.15) is 0 Å². The van der Waals surface area contributed by atoms with Crippen LogP contribution in [0, 0.1) is 13.8 Å². The molecular weight excluding hydrogens is 230 g/mol. The first kappa shape index (κ1) is 14.5. The van der Waals surface area contributed by atoms with Gasteiger partial charge in [0.2, 0.25) is 0 Å². The second-order valence-corrected chi connectivity index (χ2v) is 4.41. The Balaban J connectivity index is 2.80. The Kier molecular flexibility index (Phi) is 5.16. The molecule has 18 heavy (non-hydrogen) atoms. The van der Waals surface area contributed by atoms with E-state index in [2.05, 4.69) is 4.74 Å². The van der Waals surface area contributed by atoms with Crippen LogP contribution in [0.15, 0.2) is 12.1 Å². The third-order valence-corrected chi connectivity index (χ3v) is 3.00. The van der Waals surface area contributed by atoms with E-state index in [9.17, 15) is 4.79 Å². The molecule has 0 amide bonds. The van der Waals surface area contributed by atoms with Gasteiger partial charge in [-0.1, -0.05) is 12.1 Å². The first-order chi connectivity index (χ1) is 8.49. The number of carbonyl (C=O) groups is 1. The summed E-state index contributed by atoms with van der Waals surface area (Å²) in [4.78, 5) is 11.1. The predicted octanol–water partition coefficient (Wildman–Crippen LogP) is 2.27. The fraction of sp³-hybridized carbons (Fsp3) is 0.500. The number of benzene rings is 1. The lowest BCUT2D eigenvalue weighted by Crippen LogP contribution is -2.13. The van der Waals surface area contributed by atoms with Crippen LogP contribution in [0.25, 0.3) is 0 Å². The number of nitrogens with two attached hydrogens (primary N) is 1. The fourth-order valence-electron chi connectivity index (χ4n) is 2.06. The van der Waals surface area contributed by atoms with Crippen LogP contribution in [0.5, 0.6) is 5.75 Å². The lowest BCUT2D eigenvalue weighted by atomic mass is 9.98. The molecule has 4 nitrogen and oxygen atoms in total. The molecule has 1 rings (SSSR count). The molecule has 0 spiro atoms. The first-order valence-corrected chi connectivity index (χ1v) is 5.97. The van der Waals surface area contributed by atoms with E-state index in [0.29, 0.717) is 12.8 Å². The van der Waals surface area contributed by atoms with Crippen molar-refractivity contribution < 1.29 is 14.3 Å². The molecule has 0 aliphatic rings. The zero-order valence-electron chi connectivity index (χ0n) is 11.4. The maximum atomic E-state index is 11.1. The summed E-state index contributed by atoms with van der Waals surface area (Å²) in [6.45, 7) is 3.98. The summed E-state index contributed by atoms with van der Waals surface area (Å²) < 4.78 is 9.92. The zero-order valence-corrected chi connectivity index (χ0v) is 11.4. The molecule has 4 heteroatoms. The second-order valence-electron chi connectivity index (χ2n) is 4.41. The summed E-state index contributed by atoms with van der Waals surface area (Å²) in [6.07, 6.45) is 0.916. The summed E-state index contributed by atoms with van der Waals surface area (Å²) in [5.74, 6) is 0.659. The topological polar surface area (TPSA) is 61.5 Å². The highest BCUT2D eigenvalue weighted by atomic mass is 16.5. The smallest absolute Gasteiger partial charge is 0.305 e. The highest BCUT2D eigenvalue weighted by molar-refractivity contribution is 5.69. The third kappa shape index (κ3) is 3.47. The molecule has 0 saturated heterocycles. The summed E-state index contributed by atoms with van der Waals surface area (Å²) in [7, 11) is 3.04. The van der Waals surface area contributed by atoms with E-state index in [4.69, 9.17) is 10.5 Å². The number of hydrogen-bond acceptors (Lipinski definition) is 4. The van der Waals surface area contributed by atoms with Gasteiger partial charge in [-0.3, -0.25) is 4.79 Å². The SMILES string of the molecule is COC(=O)CCC(N)c1cc(C)c(OC)c(C)c1. The molecule has 0 heterocycles. The van der Waals surface area contributed by atoms with Crippen molar-refractivity contribution in [2.45, 2.75) is 32.7 Å². The van der Waals surface area contributed by atoms with Crippen LogP contribution >= 0.6 is 0 Å². The van der Waals surface area contributed by atoms with Crippen molar-refractivity contribution in [2.24, 2.45) is 5.73 Å². The minimum absolute atomic E-state index is 0.160. The predicted molar refractivity (Wildman–Crippen MR) is 70.6 cm³/mol. The number of esters is 1. The van der Waals surface area contributed by atoms with Gasteiger partial charge in [0.15, 0.2) is 0 Å². The Labute approximate surface area is 108 Å².